The van der Waals surface area contributed by atoms with Crippen molar-refractivity contribution in [3.05, 3.63) is 224 Å². The monoisotopic (exact) mass is 753 g/mol. The molecule has 0 saturated carbocycles. The lowest BCUT2D eigenvalue weighted by Crippen LogP contribution is -2.09. The van der Waals surface area contributed by atoms with Crippen LogP contribution in [0.2, 0.25) is 0 Å². The minimum Gasteiger partial charge on any atom is -0.455 e. The van der Waals surface area contributed by atoms with Gasteiger partial charge in [-0.3, -0.25) is 0 Å². The van der Waals surface area contributed by atoms with E-state index in [0.29, 0.717) is 0 Å². The van der Waals surface area contributed by atoms with Crippen LogP contribution in [-0.4, -0.2) is 0 Å². The molecule has 10 aromatic carbocycles. The lowest BCUT2D eigenvalue weighted by Gasteiger charge is -2.26. The molecular formula is C57H39NO. The highest BCUT2D eigenvalue weighted by atomic mass is 16.3. The van der Waals surface area contributed by atoms with Gasteiger partial charge in [0.2, 0.25) is 0 Å². The average Bonchev–Trinajstić information content (AvgIpc) is 3.68. The number of anilines is 3. The van der Waals surface area contributed by atoms with Gasteiger partial charge in [-0.25, -0.2) is 0 Å². The summed E-state index contributed by atoms with van der Waals surface area (Å²) in [6, 6.07) is 78.8. The first-order chi connectivity index (χ1) is 29.1. The van der Waals surface area contributed by atoms with Gasteiger partial charge in [-0.05, 0) is 122 Å². The highest BCUT2D eigenvalue weighted by Gasteiger charge is 2.17. The normalized spacial score (nSPS) is 11.5. The Kier molecular flexibility index (Phi) is 8.41. The summed E-state index contributed by atoms with van der Waals surface area (Å²) in [5.74, 6) is 0. The third kappa shape index (κ3) is 6.23. The summed E-state index contributed by atoms with van der Waals surface area (Å²) in [4.78, 5) is 2.35. The molecule has 59 heavy (non-hydrogen) atoms. The fourth-order valence-corrected chi connectivity index (χ4v) is 8.74. The van der Waals surface area contributed by atoms with E-state index < -0.39 is 0 Å². The summed E-state index contributed by atoms with van der Waals surface area (Å²) in [6.45, 7) is 2.10. The Hall–Kier alpha value is -7.68. The Bertz CT molecular complexity index is 3290. The molecule has 0 fully saturated rings. The van der Waals surface area contributed by atoms with Crippen molar-refractivity contribution < 1.29 is 4.42 Å². The van der Waals surface area contributed by atoms with E-state index in [2.05, 4.69) is 230 Å². The van der Waals surface area contributed by atoms with Crippen LogP contribution in [0.4, 0.5) is 17.1 Å². The molecule has 0 amide bonds. The molecule has 0 saturated heterocycles. The van der Waals surface area contributed by atoms with Crippen molar-refractivity contribution in [2.45, 2.75) is 6.92 Å². The maximum absolute atomic E-state index is 6.50. The fraction of sp³-hybridized carbons (Fsp3) is 0.0175. The molecule has 0 unspecified atom stereocenters. The number of furan rings is 1. The van der Waals surface area contributed by atoms with E-state index in [9.17, 15) is 0 Å². The minimum atomic E-state index is 0.918. The van der Waals surface area contributed by atoms with E-state index in [0.717, 1.165) is 50.1 Å². The van der Waals surface area contributed by atoms with Crippen LogP contribution in [0.5, 0.6) is 0 Å². The number of fused-ring (bicyclic) bond motifs is 6. The summed E-state index contributed by atoms with van der Waals surface area (Å²) < 4.78 is 6.50. The second-order valence-electron chi connectivity index (χ2n) is 15.4. The standard InChI is InChI=1S/C57H39NO/c1-38-18-35-53-54-17-9-16-50(57(54)59-56(53)36-38)43-25-31-47(32-26-43)58(46-29-23-42(24-30-46)41-21-19-40(20-22-41)39-10-3-2-4-11-39)48-33-27-44(28-34-48)55-37-45-12-5-6-13-49(45)51-14-7-8-15-52(51)55/h2-37H,1H3. The lowest BCUT2D eigenvalue weighted by atomic mass is 9.93. The van der Waals surface area contributed by atoms with E-state index in [-0.39, 0.29) is 0 Å². The molecule has 0 spiro atoms. The highest BCUT2D eigenvalue weighted by Crippen LogP contribution is 2.41. The van der Waals surface area contributed by atoms with Gasteiger partial charge in [0, 0.05) is 33.4 Å². The smallest absolute Gasteiger partial charge is 0.143 e. The molecule has 11 rings (SSSR count). The van der Waals surface area contributed by atoms with Gasteiger partial charge in [-0.2, -0.15) is 0 Å². The first-order valence-electron chi connectivity index (χ1n) is 20.2. The zero-order chi connectivity index (χ0) is 39.3. The summed E-state index contributed by atoms with van der Waals surface area (Å²) in [5.41, 5.74) is 15.7. The molecular weight excluding hydrogens is 715 g/mol. The molecule has 0 N–H and O–H groups in total. The molecule has 1 aromatic heterocycles. The number of hydrogen-bond acceptors (Lipinski definition) is 2. The molecule has 1 heterocycles. The zero-order valence-corrected chi connectivity index (χ0v) is 32.6. The van der Waals surface area contributed by atoms with Crippen molar-refractivity contribution in [1.29, 1.82) is 0 Å². The van der Waals surface area contributed by atoms with Crippen LogP contribution in [0.3, 0.4) is 0 Å². The Labute approximate surface area is 343 Å². The van der Waals surface area contributed by atoms with Crippen LogP contribution >= 0.6 is 0 Å². The van der Waals surface area contributed by atoms with Crippen molar-refractivity contribution in [3.8, 4) is 44.5 Å². The molecule has 2 nitrogen and oxygen atoms in total. The number of hydrogen-bond donors (Lipinski definition) is 0. The van der Waals surface area contributed by atoms with E-state index >= 15 is 0 Å². The van der Waals surface area contributed by atoms with Gasteiger partial charge in [-0.15, -0.1) is 0 Å². The molecule has 0 aliphatic heterocycles. The van der Waals surface area contributed by atoms with Crippen LogP contribution < -0.4 is 4.90 Å². The second-order valence-corrected chi connectivity index (χ2v) is 15.4. The lowest BCUT2D eigenvalue weighted by molar-refractivity contribution is 0.669. The molecule has 278 valence electrons. The van der Waals surface area contributed by atoms with Crippen molar-refractivity contribution >= 4 is 60.5 Å². The van der Waals surface area contributed by atoms with Crippen LogP contribution in [0, 0.1) is 6.92 Å². The maximum atomic E-state index is 6.50. The Morgan fingerprint density at radius 1 is 0.322 bits per heavy atom. The number of rotatable bonds is 7. The van der Waals surface area contributed by atoms with Crippen LogP contribution in [0.25, 0.3) is 88.0 Å². The topological polar surface area (TPSA) is 16.4 Å². The molecule has 0 aliphatic carbocycles. The Morgan fingerprint density at radius 3 is 1.46 bits per heavy atom. The number of para-hydroxylation sites is 1. The maximum Gasteiger partial charge on any atom is 0.143 e. The largest absolute Gasteiger partial charge is 0.455 e. The third-order valence-corrected chi connectivity index (χ3v) is 11.7. The average molecular weight is 754 g/mol. The van der Waals surface area contributed by atoms with Gasteiger partial charge in [-0.1, -0.05) is 170 Å². The van der Waals surface area contributed by atoms with Crippen LogP contribution in [0.15, 0.2) is 223 Å². The van der Waals surface area contributed by atoms with Gasteiger partial charge in [0.25, 0.3) is 0 Å². The van der Waals surface area contributed by atoms with Crippen molar-refractivity contribution in [2.75, 3.05) is 4.90 Å². The second kappa shape index (κ2) is 14.4. The first kappa shape index (κ1) is 34.6. The van der Waals surface area contributed by atoms with Crippen LogP contribution in [-0.2, 0) is 0 Å². The van der Waals surface area contributed by atoms with E-state index in [1.807, 2.05) is 0 Å². The Morgan fingerprint density at radius 2 is 0.814 bits per heavy atom. The fourth-order valence-electron chi connectivity index (χ4n) is 8.74. The first-order valence-corrected chi connectivity index (χ1v) is 20.2. The predicted molar refractivity (Wildman–Crippen MR) is 250 cm³/mol. The molecule has 0 radical (unpaired) electrons. The van der Waals surface area contributed by atoms with E-state index in [4.69, 9.17) is 4.42 Å². The quantitative estimate of drug-likeness (QED) is 0.151. The molecule has 2 heteroatoms. The van der Waals surface area contributed by atoms with E-state index in [1.165, 1.54) is 60.5 Å². The Balaban J connectivity index is 0.982. The SMILES string of the molecule is Cc1ccc2c(c1)oc1c(-c3ccc(N(c4ccc(-c5ccc(-c6ccccc6)cc5)cc4)c4ccc(-c5cc6ccccc6c6ccccc56)cc4)cc3)cccc12. The van der Waals surface area contributed by atoms with Gasteiger partial charge >= 0.3 is 0 Å². The van der Waals surface area contributed by atoms with Crippen molar-refractivity contribution in [1.82, 2.24) is 0 Å². The molecule has 0 aliphatic rings. The van der Waals surface area contributed by atoms with Crippen molar-refractivity contribution in [2.24, 2.45) is 0 Å². The summed E-state index contributed by atoms with van der Waals surface area (Å²) in [7, 11) is 0. The predicted octanol–water partition coefficient (Wildman–Crippen LogP) is 16.3. The zero-order valence-electron chi connectivity index (χ0n) is 32.6. The van der Waals surface area contributed by atoms with Crippen molar-refractivity contribution in [3.63, 3.8) is 0 Å². The van der Waals surface area contributed by atoms with Gasteiger partial charge in [0.05, 0.1) is 0 Å². The van der Waals surface area contributed by atoms with Gasteiger partial charge < -0.3 is 9.32 Å². The number of nitrogens with zero attached hydrogens (tertiary/aromatic N) is 1. The van der Waals surface area contributed by atoms with Gasteiger partial charge in [0.15, 0.2) is 0 Å². The highest BCUT2D eigenvalue weighted by molar-refractivity contribution is 6.14. The van der Waals surface area contributed by atoms with Gasteiger partial charge in [0.1, 0.15) is 11.2 Å². The third-order valence-electron chi connectivity index (χ3n) is 11.7. The molecule has 0 bridgehead atoms. The minimum absolute atomic E-state index is 0.918. The number of aryl methyl sites for hydroxylation is 1. The van der Waals surface area contributed by atoms with E-state index in [1.54, 1.807) is 0 Å². The molecule has 11 aromatic rings. The van der Waals surface area contributed by atoms with Crippen LogP contribution in [0.1, 0.15) is 5.56 Å². The summed E-state index contributed by atoms with van der Waals surface area (Å²) >= 11 is 0. The molecule has 0 atom stereocenters. The number of benzene rings is 10. The summed E-state index contributed by atoms with van der Waals surface area (Å²) in [5, 5.41) is 7.34. The summed E-state index contributed by atoms with van der Waals surface area (Å²) in [6.07, 6.45) is 0.